The fourth-order valence-corrected chi connectivity index (χ4v) is 5.40. The van der Waals surface area contributed by atoms with E-state index in [0.717, 1.165) is 26.9 Å². The van der Waals surface area contributed by atoms with Crippen molar-refractivity contribution in [2.75, 3.05) is 16.2 Å². The highest BCUT2D eigenvalue weighted by Gasteiger charge is 2.60. The maximum atomic E-state index is 13.9. The summed E-state index contributed by atoms with van der Waals surface area (Å²) in [5.41, 5.74) is 2.36. The fourth-order valence-electron chi connectivity index (χ4n) is 4.99. The molecule has 3 atom stereocenters. The van der Waals surface area contributed by atoms with Crippen LogP contribution in [0.5, 0.6) is 0 Å². The molecule has 0 spiro atoms. The molecule has 5 nitrogen and oxygen atoms in total. The number of nitrogens with zero attached hydrogens (tertiary/aromatic N) is 2. The van der Waals surface area contributed by atoms with Crippen molar-refractivity contribution in [3.63, 3.8) is 0 Å². The van der Waals surface area contributed by atoms with Crippen molar-refractivity contribution >= 4 is 45.7 Å². The zero-order valence-electron chi connectivity index (χ0n) is 18.5. The number of imide groups is 1. The zero-order valence-corrected chi connectivity index (χ0v) is 19.3. The Morgan fingerprint density at radius 3 is 2.24 bits per heavy atom. The molecule has 0 aliphatic carbocycles. The summed E-state index contributed by atoms with van der Waals surface area (Å²) in [6.45, 7) is 0. The van der Waals surface area contributed by atoms with Crippen LogP contribution in [0.15, 0.2) is 102 Å². The average Bonchev–Trinajstić information content (AvgIpc) is 3.40. The van der Waals surface area contributed by atoms with Gasteiger partial charge in [-0.1, -0.05) is 66.7 Å². The molecule has 0 unspecified atom stereocenters. The molecule has 0 aromatic heterocycles. The second-order valence-corrected chi connectivity index (χ2v) is 9.32. The maximum absolute atomic E-state index is 13.9. The number of amides is 2. The lowest BCUT2D eigenvalue weighted by Gasteiger charge is -2.29. The third-order valence-electron chi connectivity index (χ3n) is 6.59. The van der Waals surface area contributed by atoms with Gasteiger partial charge in [0.1, 0.15) is 5.92 Å². The number of fused-ring (bicyclic) bond motifs is 2. The lowest BCUT2D eigenvalue weighted by atomic mass is 9.90. The molecule has 2 amide bonds. The summed E-state index contributed by atoms with van der Waals surface area (Å²) in [5, 5.41) is 3.58. The number of hydroxylamine groups is 1. The van der Waals surface area contributed by atoms with Crippen LogP contribution in [0.25, 0.3) is 10.8 Å². The van der Waals surface area contributed by atoms with E-state index in [1.165, 1.54) is 4.90 Å². The van der Waals surface area contributed by atoms with Gasteiger partial charge in [-0.25, -0.2) is 9.96 Å². The normalized spacial score (nSPS) is 22.0. The van der Waals surface area contributed by atoms with Crippen molar-refractivity contribution in [2.45, 2.75) is 17.0 Å². The Morgan fingerprint density at radius 1 is 0.765 bits per heavy atom. The first-order valence-electron chi connectivity index (χ1n) is 11.2. The molecule has 168 valence electrons. The highest BCUT2D eigenvalue weighted by atomic mass is 32.2. The van der Waals surface area contributed by atoms with E-state index in [2.05, 4.69) is 0 Å². The van der Waals surface area contributed by atoms with Gasteiger partial charge in [0.2, 0.25) is 5.91 Å². The van der Waals surface area contributed by atoms with Gasteiger partial charge < -0.3 is 0 Å². The van der Waals surface area contributed by atoms with Crippen molar-refractivity contribution in [1.29, 1.82) is 0 Å². The van der Waals surface area contributed by atoms with Gasteiger partial charge in [-0.3, -0.25) is 14.4 Å². The Bertz CT molecular complexity index is 1380. The lowest BCUT2D eigenvalue weighted by Crippen LogP contribution is -2.37. The van der Waals surface area contributed by atoms with Crippen LogP contribution >= 0.6 is 11.8 Å². The number of carbonyl (C=O) groups is 2. The van der Waals surface area contributed by atoms with Crippen LogP contribution in [-0.2, 0) is 14.4 Å². The van der Waals surface area contributed by atoms with Crippen LogP contribution in [-0.4, -0.2) is 24.2 Å². The Kier molecular flexibility index (Phi) is 5.12. The molecule has 6 rings (SSSR count). The Morgan fingerprint density at radius 2 is 1.47 bits per heavy atom. The van der Waals surface area contributed by atoms with E-state index in [1.54, 1.807) is 16.8 Å². The minimum atomic E-state index is -0.878. The van der Waals surface area contributed by atoms with Gasteiger partial charge in [0.15, 0.2) is 6.10 Å². The third-order valence-corrected chi connectivity index (χ3v) is 7.33. The second-order valence-electron chi connectivity index (χ2n) is 8.44. The van der Waals surface area contributed by atoms with Crippen LogP contribution in [0.3, 0.4) is 0 Å². The first kappa shape index (κ1) is 21.0. The van der Waals surface area contributed by atoms with Crippen LogP contribution in [0, 0.1) is 5.92 Å². The van der Waals surface area contributed by atoms with Gasteiger partial charge in [-0.05, 0) is 47.5 Å². The van der Waals surface area contributed by atoms with Crippen molar-refractivity contribution in [1.82, 2.24) is 0 Å². The molecule has 4 aromatic carbocycles. The third kappa shape index (κ3) is 3.22. The van der Waals surface area contributed by atoms with Crippen molar-refractivity contribution in [3.05, 3.63) is 103 Å². The summed E-state index contributed by atoms with van der Waals surface area (Å²) < 4.78 is 0. The molecule has 0 bridgehead atoms. The van der Waals surface area contributed by atoms with Crippen LogP contribution in [0.4, 0.5) is 11.4 Å². The molecule has 2 fully saturated rings. The fraction of sp³-hybridized carbons (Fsp3) is 0.143. The molecular weight excluding hydrogens is 444 g/mol. The molecule has 4 aromatic rings. The van der Waals surface area contributed by atoms with E-state index < -0.39 is 18.1 Å². The number of rotatable bonds is 4. The minimum Gasteiger partial charge on any atom is -0.273 e. The van der Waals surface area contributed by atoms with Gasteiger partial charge in [0.05, 0.1) is 17.4 Å². The van der Waals surface area contributed by atoms with E-state index >= 15 is 0 Å². The highest BCUT2D eigenvalue weighted by molar-refractivity contribution is 7.98. The van der Waals surface area contributed by atoms with Crippen molar-refractivity contribution in [3.8, 4) is 0 Å². The molecule has 0 saturated carbocycles. The van der Waals surface area contributed by atoms with Gasteiger partial charge in [-0.15, -0.1) is 11.8 Å². The van der Waals surface area contributed by atoms with E-state index in [1.807, 2.05) is 103 Å². The monoisotopic (exact) mass is 466 g/mol. The summed E-state index contributed by atoms with van der Waals surface area (Å²) in [6.07, 6.45) is 1.15. The van der Waals surface area contributed by atoms with Gasteiger partial charge in [0, 0.05) is 10.3 Å². The predicted octanol–water partition coefficient (Wildman–Crippen LogP) is 5.61. The first-order valence-corrected chi connectivity index (χ1v) is 12.4. The molecule has 2 aliphatic heterocycles. The second kappa shape index (κ2) is 8.31. The molecule has 2 saturated heterocycles. The van der Waals surface area contributed by atoms with E-state index in [9.17, 15) is 9.59 Å². The molecule has 34 heavy (non-hydrogen) atoms. The summed E-state index contributed by atoms with van der Waals surface area (Å²) in [6, 6.07) is 30.8. The number of carbonyl (C=O) groups excluding carboxylic acids is 2. The Hall–Kier alpha value is -3.61. The summed E-state index contributed by atoms with van der Waals surface area (Å²) in [5.74, 6) is -1.20. The number of thioether (sulfide) groups is 1. The van der Waals surface area contributed by atoms with Gasteiger partial charge in [-0.2, -0.15) is 0 Å². The molecule has 2 heterocycles. The topological polar surface area (TPSA) is 49.9 Å². The van der Waals surface area contributed by atoms with Gasteiger partial charge >= 0.3 is 0 Å². The molecule has 0 N–H and O–H groups in total. The Labute approximate surface area is 201 Å². The highest BCUT2D eigenvalue weighted by Crippen LogP contribution is 2.48. The molecule has 6 heteroatoms. The maximum Gasteiger partial charge on any atom is 0.266 e. The Balaban J connectivity index is 1.45. The first-order chi connectivity index (χ1) is 16.7. The molecule has 2 aliphatic rings. The van der Waals surface area contributed by atoms with E-state index in [0.29, 0.717) is 5.69 Å². The number of benzene rings is 4. The predicted molar refractivity (Wildman–Crippen MR) is 135 cm³/mol. The number of hydrogen-bond acceptors (Lipinski definition) is 5. The average molecular weight is 467 g/mol. The number of anilines is 2. The van der Waals surface area contributed by atoms with Crippen LogP contribution in [0.1, 0.15) is 11.6 Å². The minimum absolute atomic E-state index is 0.233. The molecule has 0 radical (unpaired) electrons. The van der Waals surface area contributed by atoms with Crippen LogP contribution in [0.2, 0.25) is 0 Å². The SMILES string of the molecule is CSc1ccc([C@H]2[C@H]3C(=O)N(c4cccc5ccccc45)C(=O)[C@H]3ON2c2ccccc2)cc1. The van der Waals surface area contributed by atoms with Crippen LogP contribution < -0.4 is 9.96 Å². The number of para-hydroxylation sites is 1. The van der Waals surface area contributed by atoms with E-state index in [-0.39, 0.29) is 11.8 Å². The quantitative estimate of drug-likeness (QED) is 0.289. The van der Waals surface area contributed by atoms with Crippen molar-refractivity contribution in [2.24, 2.45) is 5.92 Å². The standard InChI is InChI=1S/C28H22N2O3S/c1-34-21-16-14-19(15-17-21)25-24-26(33-30(25)20-10-3-2-4-11-20)28(32)29(27(24)31)23-13-7-9-18-8-5-6-12-22(18)23/h2-17,24-26H,1H3/t24-,25+,26+/m1/s1. The van der Waals surface area contributed by atoms with Crippen molar-refractivity contribution < 1.29 is 14.4 Å². The summed E-state index contributed by atoms with van der Waals surface area (Å²) >= 11 is 1.66. The zero-order chi connectivity index (χ0) is 23.2. The van der Waals surface area contributed by atoms with Gasteiger partial charge in [0.25, 0.3) is 5.91 Å². The number of hydrogen-bond donors (Lipinski definition) is 0. The summed E-state index contributed by atoms with van der Waals surface area (Å²) in [7, 11) is 0. The molecular formula is C28H22N2O3S. The van der Waals surface area contributed by atoms with E-state index in [4.69, 9.17) is 4.84 Å². The summed E-state index contributed by atoms with van der Waals surface area (Å²) in [4.78, 5) is 36.3. The lowest BCUT2D eigenvalue weighted by molar-refractivity contribution is -0.126. The smallest absolute Gasteiger partial charge is 0.266 e. The largest absolute Gasteiger partial charge is 0.273 e.